The summed E-state index contributed by atoms with van der Waals surface area (Å²) in [5.41, 5.74) is 9.64. The Morgan fingerprint density at radius 1 is 1.59 bits per heavy atom. The zero-order chi connectivity index (χ0) is 12.8. The molecule has 0 aliphatic heterocycles. The molecule has 0 unspecified atom stereocenters. The van der Waals surface area contributed by atoms with Gasteiger partial charge in [0.2, 0.25) is 11.6 Å². The van der Waals surface area contributed by atoms with E-state index in [4.69, 9.17) is 11.5 Å². The van der Waals surface area contributed by atoms with E-state index in [-0.39, 0.29) is 24.8 Å². The lowest BCUT2D eigenvalue weighted by Crippen LogP contribution is -2.19. The molecule has 0 saturated carbocycles. The molecule has 0 bridgehead atoms. The lowest BCUT2D eigenvalue weighted by molar-refractivity contribution is -0.383. The van der Waals surface area contributed by atoms with Crippen LogP contribution in [0, 0.1) is 10.1 Å². The molecular formula is C7H10N6O4. The van der Waals surface area contributed by atoms with Crippen molar-refractivity contribution in [3.63, 3.8) is 0 Å². The molecule has 1 amide bonds. The number of nitrogens with one attached hydrogen (secondary N) is 1. The van der Waals surface area contributed by atoms with Gasteiger partial charge < -0.3 is 21.5 Å². The van der Waals surface area contributed by atoms with Gasteiger partial charge >= 0.3 is 11.8 Å². The maximum absolute atomic E-state index is 10.7. The maximum Gasteiger partial charge on any atom is 0.404 e. The van der Waals surface area contributed by atoms with E-state index in [1.54, 1.807) is 0 Å². The molecule has 17 heavy (non-hydrogen) atoms. The number of carbonyl (C=O) groups excluding carboxylic acids is 1. The van der Waals surface area contributed by atoms with Crippen LogP contribution >= 0.6 is 0 Å². The number of nitro groups is 1. The van der Waals surface area contributed by atoms with Crippen LogP contribution in [0.2, 0.25) is 0 Å². The monoisotopic (exact) mass is 242 g/mol. The number of aromatic nitrogens is 2. The number of amides is 1. The van der Waals surface area contributed by atoms with Gasteiger partial charge in [-0.1, -0.05) is 0 Å². The molecular weight excluding hydrogens is 232 g/mol. The number of anilines is 2. The van der Waals surface area contributed by atoms with Crippen LogP contribution in [0.5, 0.6) is 0 Å². The number of hydrogen-bond acceptors (Lipinski definition) is 8. The Bertz CT molecular complexity index is 436. The Labute approximate surface area is 95.1 Å². The Morgan fingerprint density at radius 3 is 2.88 bits per heavy atom. The first kappa shape index (κ1) is 12.4. The zero-order valence-corrected chi connectivity index (χ0v) is 8.62. The van der Waals surface area contributed by atoms with Gasteiger partial charge in [-0.15, -0.1) is 0 Å². The highest BCUT2D eigenvalue weighted by atomic mass is 16.6. The molecule has 1 rings (SSSR count). The summed E-state index contributed by atoms with van der Waals surface area (Å²) in [6.07, 6.45) is 0.156. The Balaban J connectivity index is 2.67. The highest BCUT2D eigenvalue weighted by Gasteiger charge is 2.20. The molecule has 5 N–H and O–H groups in total. The second-order valence-corrected chi connectivity index (χ2v) is 2.81. The van der Waals surface area contributed by atoms with Crippen molar-refractivity contribution >= 4 is 23.4 Å². The first-order chi connectivity index (χ1) is 8.02. The number of nitrogen functional groups attached to an aromatic ring is 1. The topological polar surface area (TPSA) is 159 Å². The number of rotatable bonds is 5. The summed E-state index contributed by atoms with van der Waals surface area (Å²) >= 11 is 0. The van der Waals surface area contributed by atoms with E-state index >= 15 is 0 Å². The van der Waals surface area contributed by atoms with E-state index in [9.17, 15) is 14.9 Å². The number of carbonyl (C=O) groups is 1. The fourth-order valence-electron chi connectivity index (χ4n) is 1.02. The van der Waals surface area contributed by atoms with E-state index in [2.05, 4.69) is 20.0 Å². The van der Waals surface area contributed by atoms with Crippen LogP contribution in [0.1, 0.15) is 0 Å². The number of nitrogens with two attached hydrogens (primary N) is 2. The SMILES string of the molecule is NC(=O)OCCNc1ncnc(N)c1[N+](=O)[O-]. The van der Waals surface area contributed by atoms with Crippen LogP contribution in [0.3, 0.4) is 0 Å². The summed E-state index contributed by atoms with van der Waals surface area (Å²) in [6.45, 7) is 0.0661. The van der Waals surface area contributed by atoms with Crippen molar-refractivity contribution in [2.75, 3.05) is 24.2 Å². The summed E-state index contributed by atoms with van der Waals surface area (Å²) in [7, 11) is 0. The lowest BCUT2D eigenvalue weighted by Gasteiger charge is -2.06. The van der Waals surface area contributed by atoms with Crippen LogP contribution in [0.15, 0.2) is 6.33 Å². The van der Waals surface area contributed by atoms with Crippen LogP contribution in [-0.4, -0.2) is 34.1 Å². The van der Waals surface area contributed by atoms with E-state index in [1.165, 1.54) is 0 Å². The van der Waals surface area contributed by atoms with Crippen molar-refractivity contribution in [2.45, 2.75) is 0 Å². The third-order valence-electron chi connectivity index (χ3n) is 1.67. The highest BCUT2D eigenvalue weighted by Crippen LogP contribution is 2.25. The zero-order valence-electron chi connectivity index (χ0n) is 8.62. The average molecular weight is 242 g/mol. The van der Waals surface area contributed by atoms with Crippen LogP contribution in [0.4, 0.5) is 22.1 Å². The third-order valence-corrected chi connectivity index (χ3v) is 1.67. The predicted molar refractivity (Wildman–Crippen MR) is 57.1 cm³/mol. The van der Waals surface area contributed by atoms with Crippen molar-refractivity contribution in [3.05, 3.63) is 16.4 Å². The molecule has 92 valence electrons. The molecule has 1 heterocycles. The molecule has 0 radical (unpaired) electrons. The van der Waals surface area contributed by atoms with Gasteiger partial charge in [0.25, 0.3) is 0 Å². The summed E-state index contributed by atoms with van der Waals surface area (Å²) in [5.74, 6) is -0.293. The second kappa shape index (κ2) is 5.44. The third kappa shape index (κ3) is 3.44. The van der Waals surface area contributed by atoms with E-state index in [0.29, 0.717) is 0 Å². The van der Waals surface area contributed by atoms with Crippen molar-refractivity contribution in [1.82, 2.24) is 9.97 Å². The van der Waals surface area contributed by atoms with Gasteiger partial charge in [0, 0.05) is 0 Å². The Hall–Kier alpha value is -2.65. The second-order valence-electron chi connectivity index (χ2n) is 2.81. The first-order valence-corrected chi connectivity index (χ1v) is 4.43. The van der Waals surface area contributed by atoms with Crippen LogP contribution in [0.25, 0.3) is 0 Å². The maximum atomic E-state index is 10.7. The molecule has 1 aromatic rings. The van der Waals surface area contributed by atoms with Gasteiger partial charge in [-0.25, -0.2) is 14.8 Å². The van der Waals surface area contributed by atoms with Crippen molar-refractivity contribution in [2.24, 2.45) is 5.73 Å². The summed E-state index contributed by atoms with van der Waals surface area (Å²) < 4.78 is 4.43. The summed E-state index contributed by atoms with van der Waals surface area (Å²) in [6, 6.07) is 0. The van der Waals surface area contributed by atoms with E-state index < -0.39 is 16.7 Å². The van der Waals surface area contributed by atoms with Gasteiger partial charge in [-0.2, -0.15) is 0 Å². The molecule has 0 atom stereocenters. The first-order valence-electron chi connectivity index (χ1n) is 4.43. The quantitative estimate of drug-likeness (QED) is 0.353. The molecule has 10 heteroatoms. The smallest absolute Gasteiger partial charge is 0.404 e. The standard InChI is InChI=1S/C7H10N6O4/c8-5-4(13(15)16)6(12-3-11-5)10-1-2-17-7(9)14/h3H,1-2H2,(H2,9,14)(H3,8,10,11,12). The molecule has 10 nitrogen and oxygen atoms in total. The molecule has 0 fully saturated rings. The number of ether oxygens (including phenoxy) is 1. The molecule has 0 spiro atoms. The molecule has 0 aliphatic rings. The Morgan fingerprint density at radius 2 is 2.29 bits per heavy atom. The highest BCUT2D eigenvalue weighted by molar-refractivity contribution is 5.67. The normalized spacial score (nSPS) is 9.65. The molecule has 1 aromatic heterocycles. The fourth-order valence-corrected chi connectivity index (χ4v) is 1.02. The molecule has 0 aliphatic carbocycles. The molecule has 0 aromatic carbocycles. The minimum absolute atomic E-state index is 0.0452. The van der Waals surface area contributed by atoms with Crippen LogP contribution < -0.4 is 16.8 Å². The van der Waals surface area contributed by atoms with Crippen molar-refractivity contribution in [3.8, 4) is 0 Å². The van der Waals surface area contributed by atoms with Gasteiger partial charge in [-0.3, -0.25) is 10.1 Å². The van der Waals surface area contributed by atoms with Gasteiger partial charge in [0.15, 0.2) is 0 Å². The average Bonchev–Trinajstić information content (AvgIpc) is 2.23. The van der Waals surface area contributed by atoms with Gasteiger partial charge in [0.05, 0.1) is 11.5 Å². The largest absolute Gasteiger partial charge is 0.448 e. The van der Waals surface area contributed by atoms with Crippen LogP contribution in [-0.2, 0) is 4.74 Å². The lowest BCUT2D eigenvalue weighted by atomic mass is 10.4. The summed E-state index contributed by atoms with van der Waals surface area (Å²) in [5, 5.41) is 13.3. The Kier molecular flexibility index (Phi) is 3.97. The van der Waals surface area contributed by atoms with Gasteiger partial charge in [0.1, 0.15) is 12.9 Å². The van der Waals surface area contributed by atoms with Gasteiger partial charge in [-0.05, 0) is 0 Å². The fraction of sp³-hybridized carbons (Fsp3) is 0.286. The number of primary amides is 1. The van der Waals surface area contributed by atoms with Crippen molar-refractivity contribution < 1.29 is 14.5 Å². The minimum atomic E-state index is -0.927. The number of hydrogen-bond donors (Lipinski definition) is 3. The minimum Gasteiger partial charge on any atom is -0.448 e. The summed E-state index contributed by atoms with van der Waals surface area (Å²) in [4.78, 5) is 27.4. The molecule has 0 saturated heterocycles. The van der Waals surface area contributed by atoms with E-state index in [0.717, 1.165) is 6.33 Å². The number of nitrogens with zero attached hydrogens (tertiary/aromatic N) is 3. The van der Waals surface area contributed by atoms with E-state index in [1.807, 2.05) is 0 Å². The predicted octanol–water partition coefficient (Wildman–Crippen LogP) is -0.526. The van der Waals surface area contributed by atoms with Crippen molar-refractivity contribution in [1.29, 1.82) is 0 Å².